The van der Waals surface area contributed by atoms with E-state index in [2.05, 4.69) is 12.1 Å². The minimum atomic E-state index is -0.570. The molecule has 0 aromatic heterocycles. The molecule has 0 N–H and O–H groups in total. The number of carbonyl (C=O) groups excluding carboxylic acids is 2. The van der Waals surface area contributed by atoms with Gasteiger partial charge in [-0.05, 0) is 75.2 Å². The Kier molecular flexibility index (Phi) is 13.6. The molecule has 5 heteroatoms. The van der Waals surface area contributed by atoms with Crippen LogP contribution in [0.15, 0.2) is 112 Å². The highest BCUT2D eigenvalue weighted by Crippen LogP contribution is 2.27. The molecule has 0 bridgehead atoms. The van der Waals surface area contributed by atoms with Crippen LogP contribution in [0.4, 0.5) is 0 Å². The standard InChI is InChI=1S/C27H27NO3S.C4H8/c1-2-3-4-11-16-25(28-31-27(30)22-12-7-5-8-13-22)26(29)21-17-19-24(20-18-21)32-23-14-9-6-10-15-23;1-3-4-2/h5-10,12-15,17-20H,2-4,11,16H2,1H3;3-4H,1-2H3/b28-25+;4-3-. The van der Waals surface area contributed by atoms with Crippen molar-refractivity contribution >= 4 is 29.2 Å². The van der Waals surface area contributed by atoms with E-state index in [0.717, 1.165) is 35.5 Å². The second kappa shape index (κ2) is 17.1. The van der Waals surface area contributed by atoms with Gasteiger partial charge in [0.15, 0.2) is 0 Å². The van der Waals surface area contributed by atoms with Crippen molar-refractivity contribution in [2.45, 2.75) is 62.7 Å². The molecule has 0 heterocycles. The van der Waals surface area contributed by atoms with Crippen LogP contribution in [-0.4, -0.2) is 17.5 Å². The van der Waals surface area contributed by atoms with Crippen molar-refractivity contribution < 1.29 is 14.4 Å². The van der Waals surface area contributed by atoms with Crippen LogP contribution in [0.25, 0.3) is 0 Å². The fraction of sp³-hybridized carbons (Fsp3) is 0.258. The van der Waals surface area contributed by atoms with Crippen LogP contribution in [0.5, 0.6) is 0 Å². The predicted octanol–water partition coefficient (Wildman–Crippen LogP) is 8.79. The topological polar surface area (TPSA) is 55.7 Å². The maximum atomic E-state index is 13.1. The molecule has 0 aliphatic rings. The van der Waals surface area contributed by atoms with Gasteiger partial charge < -0.3 is 4.84 Å². The van der Waals surface area contributed by atoms with E-state index < -0.39 is 5.97 Å². The van der Waals surface area contributed by atoms with Gasteiger partial charge >= 0.3 is 5.97 Å². The zero-order chi connectivity index (χ0) is 26.0. The monoisotopic (exact) mass is 501 g/mol. The first-order chi connectivity index (χ1) is 17.6. The molecular weight excluding hydrogens is 466 g/mol. The van der Waals surface area contributed by atoms with Crippen molar-refractivity contribution in [1.29, 1.82) is 0 Å². The van der Waals surface area contributed by atoms with Crippen molar-refractivity contribution in [2.75, 3.05) is 0 Å². The number of allylic oxidation sites excluding steroid dienone is 2. The van der Waals surface area contributed by atoms with Gasteiger partial charge in [0.1, 0.15) is 5.71 Å². The molecule has 0 radical (unpaired) electrons. The fourth-order valence-corrected chi connectivity index (χ4v) is 3.95. The maximum absolute atomic E-state index is 13.1. The molecular formula is C31H35NO3S. The highest BCUT2D eigenvalue weighted by Gasteiger charge is 2.17. The van der Waals surface area contributed by atoms with Crippen LogP contribution in [-0.2, 0) is 4.84 Å². The van der Waals surface area contributed by atoms with Gasteiger partial charge in [-0.25, -0.2) is 4.79 Å². The molecule has 0 atom stereocenters. The number of unbranched alkanes of at least 4 members (excludes halogenated alkanes) is 3. The summed E-state index contributed by atoms with van der Waals surface area (Å²) < 4.78 is 0. The Labute approximate surface area is 219 Å². The Morgan fingerprint density at radius 2 is 1.33 bits per heavy atom. The van der Waals surface area contributed by atoms with E-state index in [0.29, 0.717) is 17.5 Å². The number of benzene rings is 3. The number of ketones is 1. The summed E-state index contributed by atoms with van der Waals surface area (Å²) in [4.78, 5) is 32.7. The van der Waals surface area contributed by atoms with E-state index in [-0.39, 0.29) is 11.5 Å². The molecule has 4 nitrogen and oxygen atoms in total. The Balaban J connectivity index is 0.00000106. The molecule has 3 aromatic rings. The summed E-state index contributed by atoms with van der Waals surface area (Å²) in [5.74, 6) is -0.780. The number of carbonyl (C=O) groups is 2. The number of hydrogen-bond donors (Lipinski definition) is 0. The molecule has 3 aromatic carbocycles. The number of hydrogen-bond acceptors (Lipinski definition) is 5. The number of nitrogens with zero attached hydrogens (tertiary/aromatic N) is 1. The molecule has 188 valence electrons. The van der Waals surface area contributed by atoms with E-state index in [9.17, 15) is 9.59 Å². The number of Topliss-reactive ketones (excluding diaryl/α,β-unsaturated/α-hetero) is 1. The predicted molar refractivity (Wildman–Crippen MR) is 150 cm³/mol. The zero-order valence-electron chi connectivity index (χ0n) is 21.4. The van der Waals surface area contributed by atoms with E-state index in [1.54, 1.807) is 48.2 Å². The molecule has 0 unspecified atom stereocenters. The quantitative estimate of drug-likeness (QED) is 0.0658. The Hall–Kier alpha value is -3.44. The first-order valence-electron chi connectivity index (χ1n) is 12.4. The summed E-state index contributed by atoms with van der Waals surface area (Å²) in [6.45, 7) is 6.14. The summed E-state index contributed by atoms with van der Waals surface area (Å²) in [7, 11) is 0. The van der Waals surface area contributed by atoms with Gasteiger partial charge in [-0.15, -0.1) is 0 Å². The lowest BCUT2D eigenvalue weighted by molar-refractivity contribution is 0.0514. The molecule has 0 aliphatic heterocycles. The second-order valence-electron chi connectivity index (χ2n) is 8.03. The molecule has 36 heavy (non-hydrogen) atoms. The largest absolute Gasteiger partial charge is 0.365 e. The summed E-state index contributed by atoms with van der Waals surface area (Å²) >= 11 is 1.64. The number of oxime groups is 1. The van der Waals surface area contributed by atoms with E-state index in [1.807, 2.05) is 74.5 Å². The zero-order valence-corrected chi connectivity index (χ0v) is 22.2. The summed E-state index contributed by atoms with van der Waals surface area (Å²) in [5.41, 5.74) is 1.21. The highest BCUT2D eigenvalue weighted by atomic mass is 32.2. The van der Waals surface area contributed by atoms with Crippen LogP contribution in [0.3, 0.4) is 0 Å². The Morgan fingerprint density at radius 1 is 0.750 bits per heavy atom. The lowest BCUT2D eigenvalue weighted by atomic mass is 10.0. The van der Waals surface area contributed by atoms with Crippen LogP contribution in [0.1, 0.15) is 73.6 Å². The molecule has 0 fully saturated rings. The second-order valence-corrected chi connectivity index (χ2v) is 9.18. The Morgan fingerprint density at radius 3 is 1.92 bits per heavy atom. The average molecular weight is 502 g/mol. The van der Waals surface area contributed by atoms with Crippen molar-refractivity contribution in [3.8, 4) is 0 Å². The van der Waals surface area contributed by atoms with Crippen molar-refractivity contribution in [1.82, 2.24) is 0 Å². The van der Waals surface area contributed by atoms with Crippen LogP contribution in [0, 0.1) is 0 Å². The fourth-order valence-electron chi connectivity index (χ4n) is 3.11. The minimum absolute atomic E-state index is 0.210. The van der Waals surface area contributed by atoms with Crippen molar-refractivity contribution in [3.63, 3.8) is 0 Å². The van der Waals surface area contributed by atoms with Gasteiger partial charge in [0, 0.05) is 15.4 Å². The normalized spacial score (nSPS) is 11.0. The molecule has 0 spiro atoms. The van der Waals surface area contributed by atoms with Crippen molar-refractivity contribution in [2.24, 2.45) is 5.16 Å². The van der Waals surface area contributed by atoms with Gasteiger partial charge in [-0.3, -0.25) is 4.79 Å². The molecule has 0 saturated heterocycles. The van der Waals surface area contributed by atoms with Gasteiger partial charge in [-0.1, -0.05) is 91.7 Å². The van der Waals surface area contributed by atoms with Crippen LogP contribution >= 0.6 is 11.8 Å². The molecule has 0 saturated carbocycles. The average Bonchev–Trinajstić information content (AvgIpc) is 2.93. The highest BCUT2D eigenvalue weighted by molar-refractivity contribution is 7.99. The number of rotatable bonds is 11. The SMILES string of the molecule is C/C=C\C.CCCCCC/C(=N\OC(=O)c1ccccc1)C(=O)c1ccc(Sc2ccccc2)cc1. The lowest BCUT2D eigenvalue weighted by Crippen LogP contribution is -2.16. The lowest BCUT2D eigenvalue weighted by Gasteiger charge is -2.07. The molecule has 3 rings (SSSR count). The Bertz CT molecular complexity index is 1100. The molecule has 0 amide bonds. The third-order valence-electron chi connectivity index (χ3n) is 5.21. The van der Waals surface area contributed by atoms with E-state index >= 15 is 0 Å². The van der Waals surface area contributed by atoms with E-state index in [4.69, 9.17) is 4.84 Å². The summed E-state index contributed by atoms with van der Waals surface area (Å²) in [6.07, 6.45) is 8.49. The van der Waals surface area contributed by atoms with Crippen LogP contribution in [0.2, 0.25) is 0 Å². The third-order valence-corrected chi connectivity index (χ3v) is 6.22. The van der Waals surface area contributed by atoms with Gasteiger partial charge in [-0.2, -0.15) is 0 Å². The first-order valence-corrected chi connectivity index (χ1v) is 13.2. The van der Waals surface area contributed by atoms with Crippen LogP contribution < -0.4 is 0 Å². The van der Waals surface area contributed by atoms with Gasteiger partial charge in [0.2, 0.25) is 5.78 Å². The van der Waals surface area contributed by atoms with Crippen molar-refractivity contribution in [3.05, 3.63) is 108 Å². The van der Waals surface area contributed by atoms with Gasteiger partial charge in [0.05, 0.1) is 5.56 Å². The third kappa shape index (κ3) is 10.4. The maximum Gasteiger partial charge on any atom is 0.365 e. The smallest absolute Gasteiger partial charge is 0.312 e. The summed E-state index contributed by atoms with van der Waals surface area (Å²) in [5, 5.41) is 3.98. The van der Waals surface area contributed by atoms with Gasteiger partial charge in [0.25, 0.3) is 0 Å². The summed E-state index contributed by atoms with van der Waals surface area (Å²) in [6, 6.07) is 26.2. The first kappa shape index (κ1) is 28.8. The molecule has 0 aliphatic carbocycles. The minimum Gasteiger partial charge on any atom is -0.312 e. The van der Waals surface area contributed by atoms with E-state index in [1.165, 1.54) is 0 Å².